The van der Waals surface area contributed by atoms with Crippen LogP contribution >= 0.6 is 12.0 Å². The molecule has 0 aromatic rings. The molecule has 21 heavy (non-hydrogen) atoms. The van der Waals surface area contributed by atoms with Gasteiger partial charge in [-0.2, -0.15) is 0 Å². The number of rotatable bonds is 15. The van der Waals surface area contributed by atoms with E-state index in [2.05, 4.69) is 19.2 Å². The molecule has 0 radical (unpaired) electrons. The van der Waals surface area contributed by atoms with Crippen LogP contribution in [0.15, 0.2) is 0 Å². The van der Waals surface area contributed by atoms with E-state index in [9.17, 15) is 0 Å². The minimum Gasteiger partial charge on any atom is -0.319 e. The topological polar surface area (TPSA) is 59.8 Å². The molecule has 1 aliphatic rings. The summed E-state index contributed by atoms with van der Waals surface area (Å²) in [5.41, 5.74) is 6.02. The first-order valence-corrected chi connectivity index (χ1v) is 9.47. The van der Waals surface area contributed by atoms with Crippen molar-refractivity contribution in [2.75, 3.05) is 13.1 Å². The van der Waals surface area contributed by atoms with Crippen molar-refractivity contribution in [1.29, 1.82) is 0 Å². The van der Waals surface area contributed by atoms with E-state index in [1.54, 1.807) is 0 Å². The van der Waals surface area contributed by atoms with Crippen LogP contribution in [0.5, 0.6) is 0 Å². The molecular weight excluding hydrogens is 284 g/mol. The third-order valence-electron chi connectivity index (χ3n) is 3.78. The zero-order chi connectivity index (χ0) is 15.4. The Balaban J connectivity index is 1.88. The number of likely N-dealkylation sites (N-methyl/N-ethyl adjacent to an activating group) is 1. The van der Waals surface area contributed by atoms with Crippen LogP contribution in [-0.4, -0.2) is 24.4 Å². The molecule has 2 atom stereocenters. The Kier molecular flexibility index (Phi) is 10.7. The first-order valence-electron chi connectivity index (χ1n) is 8.73. The molecule has 1 aliphatic heterocycles. The highest BCUT2D eigenvalue weighted by Crippen LogP contribution is 2.48. The van der Waals surface area contributed by atoms with Crippen LogP contribution in [0, 0.1) is 0 Å². The average molecular weight is 319 g/mol. The molecule has 2 unspecified atom stereocenters. The fourth-order valence-corrected chi connectivity index (χ4v) is 2.93. The van der Waals surface area contributed by atoms with E-state index in [1.165, 1.54) is 63.4 Å². The maximum atomic E-state index is 6.02. The lowest BCUT2D eigenvalue weighted by Crippen LogP contribution is -2.37. The van der Waals surface area contributed by atoms with Crippen LogP contribution in [-0.2, 0) is 8.92 Å². The molecule has 1 saturated heterocycles. The molecule has 0 spiro atoms. The third kappa shape index (κ3) is 9.74. The summed E-state index contributed by atoms with van der Waals surface area (Å²) in [6.45, 7) is 5.96. The summed E-state index contributed by atoms with van der Waals surface area (Å²) in [6, 6.07) is 0. The van der Waals surface area contributed by atoms with Gasteiger partial charge < -0.3 is 15.8 Å². The smallest absolute Gasteiger partial charge is 0.269 e. The lowest BCUT2D eigenvalue weighted by atomic mass is 10.1. The number of ether oxygens (including phenoxy) is 1. The first-order chi connectivity index (χ1) is 10.2. The maximum absolute atomic E-state index is 6.02. The van der Waals surface area contributed by atoms with Crippen LogP contribution in [0.2, 0.25) is 0 Å². The minimum atomic E-state index is -0.505. The monoisotopic (exact) mass is 318 g/mol. The maximum Gasteiger partial charge on any atom is 0.269 e. The number of nitrogens with one attached hydrogen (secondary N) is 1. The van der Waals surface area contributed by atoms with E-state index in [4.69, 9.17) is 14.7 Å². The van der Waals surface area contributed by atoms with Gasteiger partial charge in [0.15, 0.2) is 0 Å². The van der Waals surface area contributed by atoms with Crippen LogP contribution in [0.4, 0.5) is 0 Å². The van der Waals surface area contributed by atoms with Gasteiger partial charge in [-0.25, -0.2) is 0 Å². The molecular formula is C16H34N2O2S. The van der Waals surface area contributed by atoms with Crippen LogP contribution in [0.3, 0.4) is 0 Å². The predicted molar refractivity (Wildman–Crippen MR) is 90.9 cm³/mol. The number of unbranched alkanes of at least 4 members (excludes halogenated alkanes) is 8. The highest BCUT2D eigenvalue weighted by molar-refractivity contribution is 8.01. The summed E-state index contributed by atoms with van der Waals surface area (Å²) in [7, 11) is 0. The Hall–Kier alpha value is 0.190. The van der Waals surface area contributed by atoms with Gasteiger partial charge in [-0.05, 0) is 19.4 Å². The quantitative estimate of drug-likeness (QED) is 0.205. The molecule has 0 aliphatic carbocycles. The Morgan fingerprint density at radius 2 is 1.62 bits per heavy atom. The zero-order valence-corrected chi connectivity index (χ0v) is 14.7. The van der Waals surface area contributed by atoms with Crippen molar-refractivity contribution in [2.24, 2.45) is 5.73 Å². The van der Waals surface area contributed by atoms with Gasteiger partial charge in [0, 0.05) is 0 Å². The van der Waals surface area contributed by atoms with Crippen molar-refractivity contribution in [3.8, 4) is 0 Å². The van der Waals surface area contributed by atoms with Gasteiger partial charge in [0.1, 0.15) is 6.23 Å². The SMILES string of the molecule is CCCCCCCCCCCC(N)OC1(CNCC)OS1. The lowest BCUT2D eigenvalue weighted by Gasteiger charge is -2.17. The van der Waals surface area contributed by atoms with Gasteiger partial charge in [0.25, 0.3) is 5.12 Å². The summed E-state index contributed by atoms with van der Waals surface area (Å²) in [5, 5.41) is 2.73. The van der Waals surface area contributed by atoms with Crippen molar-refractivity contribution < 1.29 is 8.92 Å². The van der Waals surface area contributed by atoms with Gasteiger partial charge in [0.05, 0.1) is 18.6 Å². The third-order valence-corrected chi connectivity index (χ3v) is 4.56. The highest BCUT2D eigenvalue weighted by Gasteiger charge is 2.50. The van der Waals surface area contributed by atoms with Gasteiger partial charge in [0.2, 0.25) is 0 Å². The second-order valence-corrected chi connectivity index (χ2v) is 6.86. The molecule has 1 rings (SSSR count). The van der Waals surface area contributed by atoms with Crippen molar-refractivity contribution in [2.45, 2.75) is 89.4 Å². The first kappa shape index (κ1) is 19.2. The molecule has 3 N–H and O–H groups in total. The normalized spacial score (nSPS) is 22.4. The summed E-state index contributed by atoms with van der Waals surface area (Å²) < 4.78 is 11.1. The molecule has 0 saturated carbocycles. The summed E-state index contributed by atoms with van der Waals surface area (Å²) in [6.07, 6.45) is 12.7. The highest BCUT2D eigenvalue weighted by atomic mass is 32.2. The second-order valence-electron chi connectivity index (χ2n) is 5.90. The second kappa shape index (κ2) is 11.7. The van der Waals surface area contributed by atoms with Gasteiger partial charge in [-0.15, -0.1) is 0 Å². The summed E-state index contributed by atoms with van der Waals surface area (Å²) in [4.78, 5) is 0. The molecule has 0 aromatic carbocycles. The number of hydrogen-bond acceptors (Lipinski definition) is 5. The van der Waals surface area contributed by atoms with Gasteiger partial charge in [-0.3, -0.25) is 4.18 Å². The molecule has 126 valence electrons. The van der Waals surface area contributed by atoms with E-state index >= 15 is 0 Å². The average Bonchev–Trinajstić information content (AvgIpc) is 3.23. The molecule has 1 heterocycles. The van der Waals surface area contributed by atoms with Crippen LogP contribution < -0.4 is 11.1 Å². The number of nitrogens with two attached hydrogens (primary N) is 1. The van der Waals surface area contributed by atoms with Crippen molar-refractivity contribution in [3.05, 3.63) is 0 Å². The molecule has 4 nitrogen and oxygen atoms in total. The fraction of sp³-hybridized carbons (Fsp3) is 1.00. The molecule has 0 amide bonds. The summed E-state index contributed by atoms with van der Waals surface area (Å²) >= 11 is 1.38. The zero-order valence-electron chi connectivity index (χ0n) is 13.9. The molecule has 1 fully saturated rings. The van der Waals surface area contributed by atoms with E-state index in [-0.39, 0.29) is 6.23 Å². The Bertz CT molecular complexity index is 250. The number of hydrogen-bond donors (Lipinski definition) is 2. The molecule has 0 bridgehead atoms. The lowest BCUT2D eigenvalue weighted by molar-refractivity contribution is -0.0874. The van der Waals surface area contributed by atoms with E-state index in [0.717, 1.165) is 19.4 Å². The van der Waals surface area contributed by atoms with Crippen LogP contribution in [0.1, 0.15) is 78.1 Å². The van der Waals surface area contributed by atoms with Crippen molar-refractivity contribution in [3.63, 3.8) is 0 Å². The van der Waals surface area contributed by atoms with E-state index in [0.29, 0.717) is 6.54 Å². The van der Waals surface area contributed by atoms with Crippen molar-refractivity contribution in [1.82, 2.24) is 5.32 Å². The Morgan fingerprint density at radius 1 is 1.05 bits per heavy atom. The Labute approximate surface area is 135 Å². The Morgan fingerprint density at radius 3 is 2.14 bits per heavy atom. The molecule has 0 aromatic heterocycles. The molecule has 5 heteroatoms. The minimum absolute atomic E-state index is 0.205. The van der Waals surface area contributed by atoms with E-state index < -0.39 is 5.12 Å². The van der Waals surface area contributed by atoms with Gasteiger partial charge in [-0.1, -0.05) is 65.2 Å². The standard InChI is InChI=1S/C16H34N2O2S/c1-3-5-6-7-8-9-10-11-12-13-15(17)19-16(20-21-16)14-18-4-2/h15,18H,3-14,17H2,1-2H3. The van der Waals surface area contributed by atoms with E-state index in [1.807, 2.05) is 0 Å². The van der Waals surface area contributed by atoms with Gasteiger partial charge >= 0.3 is 0 Å². The fourth-order valence-electron chi connectivity index (χ4n) is 2.41. The van der Waals surface area contributed by atoms with Crippen LogP contribution in [0.25, 0.3) is 0 Å². The predicted octanol–water partition coefficient (Wildman–Crippen LogP) is 4.15. The largest absolute Gasteiger partial charge is 0.319 e. The summed E-state index contributed by atoms with van der Waals surface area (Å²) in [5.74, 6) is 0. The van der Waals surface area contributed by atoms with Crippen molar-refractivity contribution >= 4 is 12.0 Å².